The molecule has 132 valence electrons. The van der Waals surface area contributed by atoms with Crippen molar-refractivity contribution in [2.75, 3.05) is 11.9 Å². The van der Waals surface area contributed by atoms with E-state index in [9.17, 15) is 4.79 Å². The number of hydrogen-bond acceptors (Lipinski definition) is 5. The van der Waals surface area contributed by atoms with Crippen LogP contribution in [0.2, 0.25) is 0 Å². The van der Waals surface area contributed by atoms with Crippen LogP contribution in [0, 0.1) is 0 Å². The molecule has 1 aromatic heterocycles. The highest BCUT2D eigenvalue weighted by molar-refractivity contribution is 7.15. The molecule has 0 radical (unpaired) electrons. The van der Waals surface area contributed by atoms with Crippen molar-refractivity contribution in [3.8, 4) is 0 Å². The summed E-state index contributed by atoms with van der Waals surface area (Å²) in [6, 6.07) is 19.3. The zero-order chi connectivity index (χ0) is 18.2. The van der Waals surface area contributed by atoms with Crippen LogP contribution in [0.5, 0.6) is 0 Å². The minimum Gasteiger partial charge on any atom is -0.374 e. The fraction of sp³-hybridized carbons (Fsp3) is 0.150. The van der Waals surface area contributed by atoms with Crippen molar-refractivity contribution in [3.05, 3.63) is 76.8 Å². The molecule has 3 rings (SSSR count). The second kappa shape index (κ2) is 9.03. The van der Waals surface area contributed by atoms with Gasteiger partial charge in [-0.15, -0.1) is 10.2 Å². The van der Waals surface area contributed by atoms with E-state index in [1.807, 2.05) is 73.7 Å². The van der Waals surface area contributed by atoms with E-state index in [1.54, 1.807) is 0 Å². The number of amides is 1. The van der Waals surface area contributed by atoms with E-state index in [-0.39, 0.29) is 5.91 Å². The number of ether oxygens (including phenoxy) is 1. The van der Waals surface area contributed by atoms with Crippen molar-refractivity contribution >= 4 is 34.0 Å². The van der Waals surface area contributed by atoms with Crippen molar-refractivity contribution in [2.45, 2.75) is 13.5 Å². The van der Waals surface area contributed by atoms with E-state index in [0.717, 1.165) is 16.1 Å². The van der Waals surface area contributed by atoms with E-state index in [1.165, 1.54) is 11.3 Å². The van der Waals surface area contributed by atoms with Gasteiger partial charge >= 0.3 is 0 Å². The number of nitrogens with zero attached hydrogens (tertiary/aromatic N) is 2. The zero-order valence-corrected chi connectivity index (χ0v) is 15.2. The second-order valence-corrected chi connectivity index (χ2v) is 6.49. The highest BCUT2D eigenvalue weighted by Gasteiger charge is 2.15. The molecule has 0 aliphatic carbocycles. The Morgan fingerprint density at radius 3 is 2.46 bits per heavy atom. The molecule has 6 heteroatoms. The predicted molar refractivity (Wildman–Crippen MR) is 105 cm³/mol. The second-order valence-electron chi connectivity index (χ2n) is 5.43. The first-order valence-corrected chi connectivity index (χ1v) is 9.11. The lowest BCUT2D eigenvalue weighted by atomic mass is 10.0. The molecule has 0 aliphatic heterocycles. The number of anilines is 1. The van der Waals surface area contributed by atoms with Gasteiger partial charge < -0.3 is 4.74 Å². The Labute approximate surface area is 156 Å². The normalized spacial score (nSPS) is 11.3. The number of carbonyl (C=O) groups excluding carboxylic acids is 1. The molecule has 1 N–H and O–H groups in total. The van der Waals surface area contributed by atoms with Crippen LogP contribution in [0.3, 0.4) is 0 Å². The number of aromatic nitrogens is 2. The van der Waals surface area contributed by atoms with Crippen molar-refractivity contribution in [2.24, 2.45) is 0 Å². The third kappa shape index (κ3) is 4.84. The molecule has 0 atom stereocenters. The van der Waals surface area contributed by atoms with E-state index in [0.29, 0.717) is 23.9 Å². The Morgan fingerprint density at radius 1 is 1.08 bits per heavy atom. The van der Waals surface area contributed by atoms with Crippen LogP contribution < -0.4 is 5.32 Å². The monoisotopic (exact) mass is 365 g/mol. The molecule has 1 amide bonds. The predicted octanol–water partition coefficient (Wildman–Crippen LogP) is 4.25. The Morgan fingerprint density at radius 2 is 1.77 bits per heavy atom. The lowest BCUT2D eigenvalue weighted by Crippen LogP contribution is -2.13. The average molecular weight is 365 g/mol. The summed E-state index contributed by atoms with van der Waals surface area (Å²) in [5.41, 5.74) is 2.36. The van der Waals surface area contributed by atoms with Gasteiger partial charge in [0.15, 0.2) is 0 Å². The van der Waals surface area contributed by atoms with Crippen LogP contribution in [-0.2, 0) is 16.1 Å². The highest BCUT2D eigenvalue weighted by Crippen LogP contribution is 2.22. The van der Waals surface area contributed by atoms with Crippen molar-refractivity contribution in [1.29, 1.82) is 0 Å². The summed E-state index contributed by atoms with van der Waals surface area (Å²) in [5, 5.41) is 12.1. The maximum absolute atomic E-state index is 12.9. The Kier molecular flexibility index (Phi) is 6.24. The van der Waals surface area contributed by atoms with Crippen molar-refractivity contribution < 1.29 is 9.53 Å². The van der Waals surface area contributed by atoms with Crippen LogP contribution in [0.1, 0.15) is 23.1 Å². The van der Waals surface area contributed by atoms with Gasteiger partial charge in [-0.05, 0) is 24.1 Å². The maximum Gasteiger partial charge on any atom is 0.258 e. The van der Waals surface area contributed by atoms with Crippen molar-refractivity contribution in [3.63, 3.8) is 0 Å². The quantitative estimate of drug-likeness (QED) is 0.502. The largest absolute Gasteiger partial charge is 0.374 e. The Bertz CT molecular complexity index is 876. The smallest absolute Gasteiger partial charge is 0.258 e. The molecule has 0 spiro atoms. The summed E-state index contributed by atoms with van der Waals surface area (Å²) in [6.45, 7) is 2.93. The summed E-state index contributed by atoms with van der Waals surface area (Å²) in [5.74, 6) is -0.223. The number of hydrogen-bond donors (Lipinski definition) is 1. The first-order valence-electron chi connectivity index (χ1n) is 8.30. The van der Waals surface area contributed by atoms with Gasteiger partial charge in [0.25, 0.3) is 5.91 Å². The molecule has 1 heterocycles. The van der Waals surface area contributed by atoms with Gasteiger partial charge in [-0.25, -0.2) is 0 Å². The van der Waals surface area contributed by atoms with Crippen LogP contribution in [0.4, 0.5) is 5.13 Å². The average Bonchev–Trinajstić information content (AvgIpc) is 3.13. The van der Waals surface area contributed by atoms with Crippen LogP contribution >= 0.6 is 11.3 Å². The fourth-order valence-corrected chi connectivity index (χ4v) is 3.00. The summed E-state index contributed by atoms with van der Waals surface area (Å²) < 4.78 is 5.32. The van der Waals surface area contributed by atoms with Gasteiger partial charge in [-0.3, -0.25) is 10.1 Å². The number of nitrogens with one attached hydrogen (secondary N) is 1. The molecule has 0 bridgehead atoms. The molecule has 0 saturated carbocycles. The van der Waals surface area contributed by atoms with Gasteiger partial charge in [0.05, 0.1) is 0 Å². The van der Waals surface area contributed by atoms with Crippen LogP contribution in [-0.4, -0.2) is 22.7 Å². The number of carbonyl (C=O) groups is 1. The first-order chi connectivity index (χ1) is 12.8. The molecular weight excluding hydrogens is 346 g/mol. The summed E-state index contributed by atoms with van der Waals surface area (Å²) >= 11 is 1.31. The summed E-state index contributed by atoms with van der Waals surface area (Å²) in [4.78, 5) is 12.9. The van der Waals surface area contributed by atoms with E-state index in [4.69, 9.17) is 4.74 Å². The fourth-order valence-electron chi connectivity index (χ4n) is 2.33. The molecule has 26 heavy (non-hydrogen) atoms. The standard InChI is InChI=1S/C20H19N3O2S/c1-2-25-14-18-22-23-20(26-18)21-19(24)17(16-11-7-4-8-12-16)13-15-9-5-3-6-10-15/h3-13H,2,14H2,1H3,(H,21,23,24)/b17-13+. The van der Waals surface area contributed by atoms with E-state index < -0.39 is 0 Å². The van der Waals surface area contributed by atoms with Crippen LogP contribution in [0.15, 0.2) is 60.7 Å². The van der Waals surface area contributed by atoms with Crippen molar-refractivity contribution in [1.82, 2.24) is 10.2 Å². The molecule has 0 saturated heterocycles. The topological polar surface area (TPSA) is 64.1 Å². The minimum atomic E-state index is -0.223. The van der Waals surface area contributed by atoms with Gasteiger partial charge in [-0.2, -0.15) is 0 Å². The highest BCUT2D eigenvalue weighted by atomic mass is 32.1. The van der Waals surface area contributed by atoms with E-state index >= 15 is 0 Å². The molecule has 0 fully saturated rings. The number of rotatable bonds is 7. The van der Waals surface area contributed by atoms with E-state index in [2.05, 4.69) is 15.5 Å². The molecule has 0 unspecified atom stereocenters. The summed E-state index contributed by atoms with van der Waals surface area (Å²) in [6.07, 6.45) is 1.87. The van der Waals surface area contributed by atoms with Crippen LogP contribution in [0.25, 0.3) is 11.6 Å². The third-order valence-corrected chi connectivity index (χ3v) is 4.37. The van der Waals surface area contributed by atoms with Gasteiger partial charge in [0.1, 0.15) is 11.6 Å². The van der Waals surface area contributed by atoms with Gasteiger partial charge in [0.2, 0.25) is 5.13 Å². The van der Waals surface area contributed by atoms with Gasteiger partial charge in [0, 0.05) is 12.2 Å². The molecule has 5 nitrogen and oxygen atoms in total. The zero-order valence-electron chi connectivity index (χ0n) is 14.4. The maximum atomic E-state index is 12.9. The minimum absolute atomic E-state index is 0.223. The Hall–Kier alpha value is -2.83. The Balaban J connectivity index is 1.84. The molecule has 2 aromatic carbocycles. The molecular formula is C20H19N3O2S. The molecule has 0 aliphatic rings. The lowest BCUT2D eigenvalue weighted by molar-refractivity contribution is -0.111. The lowest BCUT2D eigenvalue weighted by Gasteiger charge is -2.07. The SMILES string of the molecule is CCOCc1nnc(NC(=O)/C(=C/c2ccccc2)c2ccccc2)s1. The van der Waals surface area contributed by atoms with Gasteiger partial charge in [-0.1, -0.05) is 72.0 Å². The number of benzene rings is 2. The molecule has 3 aromatic rings. The third-order valence-electron chi connectivity index (χ3n) is 3.56. The first kappa shape index (κ1) is 18.0. The summed E-state index contributed by atoms with van der Waals surface area (Å²) in [7, 11) is 0.